The molecule has 0 saturated carbocycles. The zero-order valence-corrected chi connectivity index (χ0v) is 19.4. The van der Waals surface area contributed by atoms with E-state index in [-0.39, 0.29) is 6.04 Å². The van der Waals surface area contributed by atoms with Crippen LogP contribution in [0.3, 0.4) is 0 Å². The molecule has 1 atom stereocenters. The summed E-state index contributed by atoms with van der Waals surface area (Å²) >= 11 is 0. The number of ether oxygens (including phenoxy) is 1. The highest BCUT2D eigenvalue weighted by Crippen LogP contribution is 2.23. The van der Waals surface area contributed by atoms with Crippen LogP contribution in [0.2, 0.25) is 0 Å². The Morgan fingerprint density at radius 3 is 2.50 bits per heavy atom. The van der Waals surface area contributed by atoms with E-state index in [1.807, 2.05) is 0 Å². The standard InChI is InChI=1S/C24H41N5O/c1-5-25-24(27-22-9-11-28(12-10-22)19(2)3)26-18-23(29-13-15-30-16-14-29)21-8-6-7-20(4)17-21/h6-8,17,19,22-23H,5,9-16,18H2,1-4H3,(H2,25,26,27). The maximum atomic E-state index is 5.59. The molecular formula is C24H41N5O. The Labute approximate surface area is 183 Å². The Hall–Kier alpha value is -1.63. The van der Waals surface area contributed by atoms with E-state index in [9.17, 15) is 0 Å². The highest BCUT2D eigenvalue weighted by molar-refractivity contribution is 5.80. The highest BCUT2D eigenvalue weighted by Gasteiger charge is 2.24. The van der Waals surface area contributed by atoms with Crippen LogP contribution < -0.4 is 10.6 Å². The van der Waals surface area contributed by atoms with Crippen molar-refractivity contribution in [3.8, 4) is 0 Å². The predicted octanol–water partition coefficient (Wildman–Crippen LogP) is 2.80. The number of morpholine rings is 1. The maximum Gasteiger partial charge on any atom is 0.191 e. The molecule has 1 aromatic rings. The summed E-state index contributed by atoms with van der Waals surface area (Å²) in [5, 5.41) is 7.17. The third-order valence-corrected chi connectivity index (χ3v) is 6.28. The van der Waals surface area contributed by atoms with Crippen molar-refractivity contribution in [1.29, 1.82) is 0 Å². The van der Waals surface area contributed by atoms with Crippen molar-refractivity contribution in [1.82, 2.24) is 20.4 Å². The number of piperidine rings is 1. The van der Waals surface area contributed by atoms with Crippen LogP contribution in [0.1, 0.15) is 50.8 Å². The van der Waals surface area contributed by atoms with Gasteiger partial charge in [0.1, 0.15) is 0 Å². The summed E-state index contributed by atoms with van der Waals surface area (Å²) in [6.45, 7) is 16.4. The summed E-state index contributed by atoms with van der Waals surface area (Å²) in [6, 6.07) is 10.3. The Morgan fingerprint density at radius 1 is 1.13 bits per heavy atom. The van der Waals surface area contributed by atoms with Crippen molar-refractivity contribution in [3.63, 3.8) is 0 Å². The van der Waals surface area contributed by atoms with Gasteiger partial charge >= 0.3 is 0 Å². The first kappa shape index (κ1) is 23.0. The van der Waals surface area contributed by atoms with Crippen LogP contribution in [0.25, 0.3) is 0 Å². The van der Waals surface area contributed by atoms with Crippen LogP contribution in [0.15, 0.2) is 29.3 Å². The normalized spacial score (nSPS) is 21.0. The number of aliphatic imine (C=N–C) groups is 1. The molecule has 0 bridgehead atoms. The first-order valence-electron chi connectivity index (χ1n) is 11.7. The molecule has 0 aliphatic carbocycles. The van der Waals surface area contributed by atoms with Gasteiger partial charge in [0.15, 0.2) is 5.96 Å². The van der Waals surface area contributed by atoms with Crippen molar-refractivity contribution in [2.24, 2.45) is 4.99 Å². The monoisotopic (exact) mass is 415 g/mol. The zero-order valence-electron chi connectivity index (χ0n) is 19.4. The molecule has 2 saturated heterocycles. The van der Waals surface area contributed by atoms with E-state index in [4.69, 9.17) is 9.73 Å². The van der Waals surface area contributed by atoms with Gasteiger partial charge in [-0.1, -0.05) is 29.8 Å². The van der Waals surface area contributed by atoms with Crippen molar-refractivity contribution in [2.45, 2.75) is 58.7 Å². The van der Waals surface area contributed by atoms with E-state index in [0.29, 0.717) is 12.1 Å². The molecule has 1 unspecified atom stereocenters. The minimum atomic E-state index is 0.284. The van der Waals surface area contributed by atoms with Gasteiger partial charge in [0.2, 0.25) is 0 Å². The quantitative estimate of drug-likeness (QED) is 0.530. The Balaban J connectivity index is 1.67. The summed E-state index contributed by atoms with van der Waals surface area (Å²) in [5.41, 5.74) is 2.65. The van der Waals surface area contributed by atoms with Crippen LogP contribution >= 0.6 is 0 Å². The largest absolute Gasteiger partial charge is 0.379 e. The lowest BCUT2D eigenvalue weighted by molar-refractivity contribution is 0.0179. The third kappa shape index (κ3) is 6.69. The maximum absolute atomic E-state index is 5.59. The Bertz CT molecular complexity index is 663. The number of aryl methyl sites for hydroxylation is 1. The van der Waals surface area contributed by atoms with Gasteiger partial charge in [-0.2, -0.15) is 0 Å². The molecule has 6 nitrogen and oxygen atoms in total. The summed E-state index contributed by atoms with van der Waals surface area (Å²) in [5.74, 6) is 0.950. The number of nitrogens with zero attached hydrogens (tertiary/aromatic N) is 3. The van der Waals surface area contributed by atoms with E-state index in [1.165, 1.54) is 24.0 Å². The van der Waals surface area contributed by atoms with Crippen molar-refractivity contribution in [3.05, 3.63) is 35.4 Å². The lowest BCUT2D eigenvalue weighted by Crippen LogP contribution is -2.50. The fourth-order valence-electron chi connectivity index (χ4n) is 4.45. The van der Waals surface area contributed by atoms with E-state index < -0.39 is 0 Å². The zero-order chi connectivity index (χ0) is 21.3. The molecule has 6 heteroatoms. The lowest BCUT2D eigenvalue weighted by Gasteiger charge is -2.36. The second kappa shape index (κ2) is 11.7. The van der Waals surface area contributed by atoms with Crippen molar-refractivity contribution in [2.75, 3.05) is 52.5 Å². The SMILES string of the molecule is CCNC(=NCC(c1cccc(C)c1)N1CCOCC1)NC1CCN(C(C)C)CC1. The molecule has 30 heavy (non-hydrogen) atoms. The van der Waals surface area contributed by atoms with Crippen LogP contribution in [-0.4, -0.2) is 80.3 Å². The molecule has 0 radical (unpaired) electrons. The molecule has 3 rings (SSSR count). The number of rotatable bonds is 7. The second-order valence-electron chi connectivity index (χ2n) is 8.85. The van der Waals surface area contributed by atoms with Crippen LogP contribution in [0.5, 0.6) is 0 Å². The van der Waals surface area contributed by atoms with Gasteiger partial charge in [-0.15, -0.1) is 0 Å². The van der Waals surface area contributed by atoms with E-state index >= 15 is 0 Å². The molecular weight excluding hydrogens is 374 g/mol. The number of nitrogens with one attached hydrogen (secondary N) is 2. The minimum absolute atomic E-state index is 0.284. The molecule has 168 valence electrons. The summed E-state index contributed by atoms with van der Waals surface area (Å²) in [7, 11) is 0. The molecule has 2 fully saturated rings. The fraction of sp³-hybridized carbons (Fsp3) is 0.708. The molecule has 0 spiro atoms. The van der Waals surface area contributed by atoms with Gasteiger partial charge in [0.05, 0.1) is 25.8 Å². The first-order valence-corrected chi connectivity index (χ1v) is 11.7. The average molecular weight is 416 g/mol. The van der Waals surface area contributed by atoms with Crippen LogP contribution in [0.4, 0.5) is 0 Å². The van der Waals surface area contributed by atoms with Crippen molar-refractivity contribution < 1.29 is 4.74 Å². The number of hydrogen-bond acceptors (Lipinski definition) is 4. The summed E-state index contributed by atoms with van der Waals surface area (Å²) < 4.78 is 5.59. The molecule has 2 N–H and O–H groups in total. The second-order valence-corrected chi connectivity index (χ2v) is 8.85. The fourth-order valence-corrected chi connectivity index (χ4v) is 4.45. The number of guanidine groups is 1. The van der Waals surface area contributed by atoms with Crippen molar-refractivity contribution >= 4 is 5.96 Å². The van der Waals surface area contributed by atoms with E-state index in [2.05, 4.69) is 72.4 Å². The van der Waals surface area contributed by atoms with E-state index in [0.717, 1.165) is 58.4 Å². The lowest BCUT2D eigenvalue weighted by atomic mass is 10.0. The topological polar surface area (TPSA) is 52.1 Å². The molecule has 1 aromatic carbocycles. The highest BCUT2D eigenvalue weighted by atomic mass is 16.5. The summed E-state index contributed by atoms with van der Waals surface area (Å²) in [4.78, 5) is 10.1. The Kier molecular flexibility index (Phi) is 8.97. The number of benzene rings is 1. The molecule has 2 heterocycles. The van der Waals surface area contributed by atoms with Gasteiger partial charge < -0.3 is 20.3 Å². The first-order chi connectivity index (χ1) is 14.6. The smallest absolute Gasteiger partial charge is 0.191 e. The average Bonchev–Trinajstić information content (AvgIpc) is 2.75. The Morgan fingerprint density at radius 2 is 1.87 bits per heavy atom. The number of hydrogen-bond donors (Lipinski definition) is 2. The molecule has 0 aromatic heterocycles. The van der Waals surface area contributed by atoms with E-state index in [1.54, 1.807) is 0 Å². The molecule has 2 aliphatic rings. The molecule has 0 amide bonds. The van der Waals surface area contributed by atoms with Gasteiger partial charge in [0.25, 0.3) is 0 Å². The molecule has 2 aliphatic heterocycles. The summed E-state index contributed by atoms with van der Waals surface area (Å²) in [6.07, 6.45) is 2.35. The third-order valence-electron chi connectivity index (χ3n) is 6.28. The van der Waals surface area contributed by atoms with Gasteiger partial charge in [-0.05, 0) is 46.1 Å². The van der Waals surface area contributed by atoms with Crippen LogP contribution in [-0.2, 0) is 4.74 Å². The van der Waals surface area contributed by atoms with Gasteiger partial charge in [0, 0.05) is 44.8 Å². The predicted molar refractivity (Wildman–Crippen MR) is 125 cm³/mol. The van der Waals surface area contributed by atoms with Crippen LogP contribution in [0, 0.1) is 6.92 Å². The minimum Gasteiger partial charge on any atom is -0.379 e. The van der Waals surface area contributed by atoms with Gasteiger partial charge in [-0.25, -0.2) is 0 Å². The van der Waals surface area contributed by atoms with Gasteiger partial charge in [-0.3, -0.25) is 9.89 Å². The number of likely N-dealkylation sites (tertiary alicyclic amines) is 1.